The Labute approximate surface area is 208 Å². The number of pyridine rings is 1. The highest BCUT2D eigenvalue weighted by Gasteiger charge is 2.22. The Balaban J connectivity index is 1.72. The smallest absolute Gasteiger partial charge is 0.325 e. The van der Waals surface area contributed by atoms with Crippen molar-refractivity contribution in [3.8, 4) is 11.3 Å². The van der Waals surface area contributed by atoms with Gasteiger partial charge < -0.3 is 15.7 Å². The molecule has 0 aliphatic heterocycles. The summed E-state index contributed by atoms with van der Waals surface area (Å²) in [6.45, 7) is 5.52. The van der Waals surface area contributed by atoms with Crippen molar-refractivity contribution in [1.82, 2.24) is 14.7 Å². The number of carbonyl (C=O) groups is 2. The van der Waals surface area contributed by atoms with E-state index in [2.05, 4.69) is 34.9 Å². The van der Waals surface area contributed by atoms with Crippen LogP contribution < -0.4 is 10.6 Å². The molecule has 36 heavy (non-hydrogen) atoms. The number of nitrogens with one attached hydrogen (secondary N) is 2. The van der Waals surface area contributed by atoms with Crippen LogP contribution in [-0.2, 0) is 4.79 Å². The Bertz CT molecular complexity index is 1620. The van der Waals surface area contributed by atoms with Crippen LogP contribution in [0.2, 0.25) is 0 Å². The summed E-state index contributed by atoms with van der Waals surface area (Å²) in [6, 6.07) is 22.8. The first-order valence-electron chi connectivity index (χ1n) is 11.7. The first kappa shape index (κ1) is 23.1. The van der Waals surface area contributed by atoms with Gasteiger partial charge in [0.1, 0.15) is 17.6 Å². The lowest BCUT2D eigenvalue weighted by atomic mass is 10.0. The molecule has 0 fully saturated rings. The number of hydrogen-bond acceptors (Lipinski definition) is 4. The predicted molar refractivity (Wildman–Crippen MR) is 142 cm³/mol. The van der Waals surface area contributed by atoms with Crippen LogP contribution >= 0.6 is 0 Å². The van der Waals surface area contributed by atoms with Crippen LogP contribution in [0.1, 0.15) is 28.4 Å². The highest BCUT2D eigenvalue weighted by Crippen LogP contribution is 2.35. The van der Waals surface area contributed by atoms with Gasteiger partial charge in [0, 0.05) is 17.4 Å². The number of nitrogens with zero attached hydrogens (tertiary/aromatic N) is 2. The van der Waals surface area contributed by atoms with Crippen molar-refractivity contribution in [2.24, 2.45) is 0 Å². The maximum Gasteiger partial charge on any atom is 0.325 e. The molecule has 1 atom stereocenters. The van der Waals surface area contributed by atoms with Gasteiger partial charge in [-0.3, -0.25) is 14.0 Å². The fourth-order valence-corrected chi connectivity index (χ4v) is 4.37. The molecule has 0 aliphatic carbocycles. The second kappa shape index (κ2) is 9.19. The summed E-state index contributed by atoms with van der Waals surface area (Å²) < 4.78 is 1.84. The molecule has 2 heterocycles. The third-order valence-electron chi connectivity index (χ3n) is 6.36. The van der Waals surface area contributed by atoms with Gasteiger partial charge in [0.2, 0.25) is 0 Å². The summed E-state index contributed by atoms with van der Waals surface area (Å²) in [5.74, 6) is -0.879. The summed E-state index contributed by atoms with van der Waals surface area (Å²) in [5.41, 5.74) is 5.45. The van der Waals surface area contributed by atoms with Gasteiger partial charge in [-0.25, -0.2) is 4.98 Å². The van der Waals surface area contributed by atoms with Gasteiger partial charge in [-0.05, 0) is 60.9 Å². The van der Waals surface area contributed by atoms with Gasteiger partial charge in [-0.1, -0.05) is 54.6 Å². The molecule has 7 nitrogen and oxygen atoms in total. The van der Waals surface area contributed by atoms with E-state index in [1.165, 1.54) is 6.92 Å². The number of carboxylic acid groups (broad SMARTS) is 1. The quantitative estimate of drug-likeness (QED) is 0.290. The van der Waals surface area contributed by atoms with Gasteiger partial charge in [0.15, 0.2) is 5.65 Å². The largest absolute Gasteiger partial charge is 0.480 e. The van der Waals surface area contributed by atoms with Gasteiger partial charge in [-0.15, -0.1) is 0 Å². The van der Waals surface area contributed by atoms with Gasteiger partial charge in [0.25, 0.3) is 5.91 Å². The SMILES string of the molecule is Cc1cccc(C)c1Nc1c(-c2ccc3ccccc3c2)nc2c(C(=O)NC(C)C(=O)O)cccn12. The molecule has 1 amide bonds. The average Bonchev–Trinajstić information content (AvgIpc) is 3.24. The first-order chi connectivity index (χ1) is 17.3. The molecule has 7 heteroatoms. The molecular formula is C29H26N4O3. The number of anilines is 2. The van der Waals surface area contributed by atoms with Crippen molar-refractivity contribution >= 4 is 39.8 Å². The lowest BCUT2D eigenvalue weighted by Crippen LogP contribution is -2.38. The Hall–Kier alpha value is -4.65. The van der Waals surface area contributed by atoms with E-state index in [0.29, 0.717) is 16.9 Å². The molecule has 180 valence electrons. The van der Waals surface area contributed by atoms with Crippen LogP contribution in [0.25, 0.3) is 27.7 Å². The molecule has 3 N–H and O–H groups in total. The number of amides is 1. The standard InChI is InChI=1S/C29H26N4O3/c1-17-8-6-9-18(2)24(17)31-27-25(22-14-13-20-10-4-5-11-21(20)16-22)32-26-23(12-7-15-33(26)27)28(34)30-19(3)29(35)36/h4-16,19,31H,1-3H3,(H,30,34)(H,35,36). The number of benzene rings is 3. The van der Waals surface area contributed by atoms with Crippen molar-refractivity contribution in [2.45, 2.75) is 26.8 Å². The molecule has 0 saturated heterocycles. The Morgan fingerprint density at radius 2 is 1.64 bits per heavy atom. The van der Waals surface area contributed by atoms with Crippen molar-refractivity contribution in [3.63, 3.8) is 0 Å². The molecule has 0 bridgehead atoms. The molecule has 1 unspecified atom stereocenters. The number of imidazole rings is 1. The highest BCUT2D eigenvalue weighted by molar-refractivity contribution is 6.02. The third kappa shape index (κ3) is 4.15. The Morgan fingerprint density at radius 3 is 2.36 bits per heavy atom. The van der Waals surface area contributed by atoms with E-state index in [1.54, 1.807) is 12.1 Å². The lowest BCUT2D eigenvalue weighted by molar-refractivity contribution is -0.138. The number of aromatic nitrogens is 2. The second-order valence-electron chi connectivity index (χ2n) is 8.91. The number of aliphatic carboxylic acids is 1. The summed E-state index contributed by atoms with van der Waals surface area (Å²) in [5, 5.41) is 17.6. The molecule has 3 aromatic carbocycles. The van der Waals surface area contributed by atoms with Crippen LogP contribution in [0.5, 0.6) is 0 Å². The van der Waals surface area contributed by atoms with E-state index in [0.717, 1.165) is 39.0 Å². The minimum Gasteiger partial charge on any atom is -0.480 e. The monoisotopic (exact) mass is 478 g/mol. The molecule has 5 rings (SSSR count). The molecule has 0 saturated carbocycles. The number of para-hydroxylation sites is 1. The van der Waals surface area contributed by atoms with Crippen molar-refractivity contribution in [1.29, 1.82) is 0 Å². The fraction of sp³-hybridized carbons (Fsp3) is 0.138. The number of carboxylic acids is 1. The second-order valence-corrected chi connectivity index (χ2v) is 8.91. The molecule has 5 aromatic rings. The zero-order valence-corrected chi connectivity index (χ0v) is 20.2. The van der Waals surface area contributed by atoms with Crippen LogP contribution in [0, 0.1) is 13.8 Å². The zero-order chi connectivity index (χ0) is 25.4. The van der Waals surface area contributed by atoms with Gasteiger partial charge in [-0.2, -0.15) is 0 Å². The van der Waals surface area contributed by atoms with E-state index >= 15 is 0 Å². The summed E-state index contributed by atoms with van der Waals surface area (Å²) in [7, 11) is 0. The summed E-state index contributed by atoms with van der Waals surface area (Å²) >= 11 is 0. The number of hydrogen-bond donors (Lipinski definition) is 3. The van der Waals surface area contributed by atoms with Crippen molar-refractivity contribution in [2.75, 3.05) is 5.32 Å². The van der Waals surface area contributed by atoms with E-state index in [1.807, 2.05) is 60.8 Å². The highest BCUT2D eigenvalue weighted by atomic mass is 16.4. The molecular weight excluding hydrogens is 452 g/mol. The van der Waals surface area contributed by atoms with Crippen LogP contribution in [-0.4, -0.2) is 32.4 Å². The minimum absolute atomic E-state index is 0.294. The Kier molecular flexibility index (Phi) is 5.90. The van der Waals surface area contributed by atoms with Crippen LogP contribution in [0.4, 0.5) is 11.5 Å². The number of fused-ring (bicyclic) bond motifs is 2. The van der Waals surface area contributed by atoms with Crippen molar-refractivity contribution in [3.05, 3.63) is 95.7 Å². The van der Waals surface area contributed by atoms with Gasteiger partial charge in [0.05, 0.1) is 5.56 Å². The third-order valence-corrected chi connectivity index (χ3v) is 6.36. The fourth-order valence-electron chi connectivity index (χ4n) is 4.37. The van der Waals surface area contributed by atoms with E-state index in [9.17, 15) is 14.7 Å². The van der Waals surface area contributed by atoms with E-state index in [-0.39, 0.29) is 0 Å². The summed E-state index contributed by atoms with van der Waals surface area (Å²) in [4.78, 5) is 29.2. The molecule has 0 aliphatic rings. The maximum atomic E-state index is 13.0. The predicted octanol–water partition coefficient (Wildman–Crippen LogP) is 5.72. The zero-order valence-electron chi connectivity index (χ0n) is 20.2. The normalized spacial score (nSPS) is 12.0. The number of aryl methyl sites for hydroxylation is 2. The molecule has 2 aromatic heterocycles. The average molecular weight is 479 g/mol. The molecule has 0 spiro atoms. The molecule has 0 radical (unpaired) electrons. The number of carbonyl (C=O) groups excluding carboxylic acids is 1. The first-order valence-corrected chi connectivity index (χ1v) is 11.7. The summed E-state index contributed by atoms with van der Waals surface area (Å²) in [6.07, 6.45) is 1.85. The Morgan fingerprint density at radius 1 is 0.917 bits per heavy atom. The maximum absolute atomic E-state index is 13.0. The topological polar surface area (TPSA) is 95.7 Å². The van der Waals surface area contributed by atoms with Gasteiger partial charge >= 0.3 is 5.97 Å². The van der Waals surface area contributed by atoms with E-state index in [4.69, 9.17) is 4.98 Å². The van der Waals surface area contributed by atoms with E-state index < -0.39 is 17.9 Å². The number of rotatable bonds is 6. The van der Waals surface area contributed by atoms with Crippen LogP contribution in [0.15, 0.2) is 79.0 Å². The lowest BCUT2D eigenvalue weighted by Gasteiger charge is -2.14. The minimum atomic E-state index is -1.10. The van der Waals surface area contributed by atoms with Crippen LogP contribution in [0.3, 0.4) is 0 Å². The van der Waals surface area contributed by atoms with Crippen molar-refractivity contribution < 1.29 is 14.7 Å².